The zero-order chi connectivity index (χ0) is 19.3. The highest BCUT2D eigenvalue weighted by molar-refractivity contribution is 7.18. The van der Waals surface area contributed by atoms with Gasteiger partial charge >= 0.3 is 0 Å². The Morgan fingerprint density at radius 2 is 2.04 bits per heavy atom. The van der Waals surface area contributed by atoms with Gasteiger partial charge in [0.05, 0.1) is 7.11 Å². The van der Waals surface area contributed by atoms with Gasteiger partial charge in [0.1, 0.15) is 10.8 Å². The highest BCUT2D eigenvalue weighted by Crippen LogP contribution is 2.28. The summed E-state index contributed by atoms with van der Waals surface area (Å²) in [4.78, 5) is 4.15. The van der Waals surface area contributed by atoms with E-state index in [1.54, 1.807) is 13.3 Å². The van der Waals surface area contributed by atoms with Gasteiger partial charge in [-0.15, -0.1) is 10.2 Å². The first-order valence-electron chi connectivity index (χ1n) is 9.01. The summed E-state index contributed by atoms with van der Waals surface area (Å²) < 4.78 is 5.26. The first kappa shape index (κ1) is 18.3. The van der Waals surface area contributed by atoms with Gasteiger partial charge in [-0.25, -0.2) is 0 Å². The Morgan fingerprint density at radius 3 is 2.93 bits per heavy atom. The number of methoxy groups -OCH3 is 1. The molecule has 142 valence electrons. The van der Waals surface area contributed by atoms with E-state index in [1.807, 2.05) is 36.5 Å². The van der Waals surface area contributed by atoms with Crippen molar-refractivity contribution in [3.05, 3.63) is 66.5 Å². The molecule has 0 aliphatic heterocycles. The number of hydrogen-bond acceptors (Lipinski definition) is 7. The van der Waals surface area contributed by atoms with Crippen molar-refractivity contribution in [3.8, 4) is 16.3 Å². The third kappa shape index (κ3) is 4.27. The molecule has 4 aromatic rings. The van der Waals surface area contributed by atoms with Crippen molar-refractivity contribution in [2.24, 2.45) is 5.73 Å². The molecule has 4 rings (SSSR count). The van der Waals surface area contributed by atoms with Crippen LogP contribution in [0.25, 0.3) is 21.3 Å². The van der Waals surface area contributed by atoms with E-state index in [4.69, 9.17) is 10.5 Å². The fourth-order valence-electron chi connectivity index (χ4n) is 3.02. The molecule has 0 radical (unpaired) electrons. The number of nitrogens with two attached hydrogens (primary N) is 1. The molecule has 6 nitrogen and oxygen atoms in total. The Hall–Kier alpha value is -3.03. The molecule has 3 N–H and O–H groups in total. The standard InChI is InChI=1S/C21H21N5OS/c1-27-19-4-2-3-14(10-19)9-18(22)13-24-21-26-25-20(28-21)16-5-6-17-12-23-8-7-15(17)11-16/h2-8,10-12,18H,9,13,22H2,1H3,(H,24,26)/t18-/m0/s1. The van der Waals surface area contributed by atoms with Crippen LogP contribution in [0.2, 0.25) is 0 Å². The first-order chi connectivity index (χ1) is 13.7. The molecular formula is C21H21N5OS. The van der Waals surface area contributed by atoms with Crippen molar-refractivity contribution >= 4 is 27.2 Å². The molecule has 0 spiro atoms. The Balaban J connectivity index is 1.38. The molecular weight excluding hydrogens is 370 g/mol. The molecule has 28 heavy (non-hydrogen) atoms. The summed E-state index contributed by atoms with van der Waals surface area (Å²) in [5.74, 6) is 0.845. The minimum absolute atomic E-state index is 0.0346. The molecule has 0 aliphatic carbocycles. The van der Waals surface area contributed by atoms with Crippen molar-refractivity contribution in [1.29, 1.82) is 0 Å². The molecule has 2 aromatic carbocycles. The third-order valence-corrected chi connectivity index (χ3v) is 5.39. The van der Waals surface area contributed by atoms with E-state index in [-0.39, 0.29) is 6.04 Å². The lowest BCUT2D eigenvalue weighted by Crippen LogP contribution is -2.31. The number of fused-ring (bicyclic) bond motifs is 1. The zero-order valence-electron chi connectivity index (χ0n) is 15.5. The first-order valence-corrected chi connectivity index (χ1v) is 9.83. The molecule has 0 bridgehead atoms. The van der Waals surface area contributed by atoms with Crippen LogP contribution >= 0.6 is 11.3 Å². The molecule has 0 unspecified atom stereocenters. The van der Waals surface area contributed by atoms with Crippen LogP contribution in [0.15, 0.2) is 60.9 Å². The summed E-state index contributed by atoms with van der Waals surface area (Å²) in [6, 6.07) is 16.1. The lowest BCUT2D eigenvalue weighted by molar-refractivity contribution is 0.414. The quantitative estimate of drug-likeness (QED) is 0.499. The summed E-state index contributed by atoms with van der Waals surface area (Å²) in [6.45, 7) is 0.620. The predicted octanol–water partition coefficient (Wildman–Crippen LogP) is 3.74. The molecule has 0 amide bonds. The van der Waals surface area contributed by atoms with E-state index < -0.39 is 0 Å². The summed E-state index contributed by atoms with van der Waals surface area (Å²) in [7, 11) is 1.67. The van der Waals surface area contributed by atoms with Gasteiger partial charge in [0.2, 0.25) is 5.13 Å². The maximum absolute atomic E-state index is 6.27. The highest BCUT2D eigenvalue weighted by atomic mass is 32.1. The lowest BCUT2D eigenvalue weighted by atomic mass is 10.1. The number of nitrogens with zero attached hydrogens (tertiary/aromatic N) is 3. The summed E-state index contributed by atoms with van der Waals surface area (Å²) >= 11 is 1.52. The van der Waals surface area contributed by atoms with Crippen LogP contribution in [0.4, 0.5) is 5.13 Å². The van der Waals surface area contributed by atoms with Gasteiger partial charge in [0, 0.05) is 35.9 Å². The normalized spacial score (nSPS) is 12.1. The number of pyridine rings is 1. The van der Waals surface area contributed by atoms with Crippen LogP contribution in [0.1, 0.15) is 5.56 Å². The van der Waals surface area contributed by atoms with E-state index in [9.17, 15) is 0 Å². The van der Waals surface area contributed by atoms with Crippen molar-refractivity contribution in [1.82, 2.24) is 15.2 Å². The zero-order valence-corrected chi connectivity index (χ0v) is 16.3. The lowest BCUT2D eigenvalue weighted by Gasteiger charge is -2.12. The number of ether oxygens (including phenoxy) is 1. The summed E-state index contributed by atoms with van der Waals surface area (Å²) in [6.07, 6.45) is 4.41. The maximum atomic E-state index is 6.27. The van der Waals surface area contributed by atoms with Crippen LogP contribution in [0.3, 0.4) is 0 Å². The molecule has 0 fully saturated rings. The Labute approximate surface area is 167 Å². The Kier molecular flexibility index (Phi) is 5.45. The van der Waals surface area contributed by atoms with Crippen LogP contribution < -0.4 is 15.8 Å². The fraction of sp³-hybridized carbons (Fsp3) is 0.190. The number of anilines is 1. The average Bonchev–Trinajstić information content (AvgIpc) is 3.21. The van der Waals surface area contributed by atoms with Crippen molar-refractivity contribution < 1.29 is 4.74 Å². The number of rotatable bonds is 7. The van der Waals surface area contributed by atoms with Gasteiger partial charge in [0.25, 0.3) is 0 Å². The van der Waals surface area contributed by atoms with E-state index in [0.717, 1.165) is 44.2 Å². The van der Waals surface area contributed by atoms with Gasteiger partial charge in [-0.1, -0.05) is 35.6 Å². The highest BCUT2D eigenvalue weighted by Gasteiger charge is 2.10. The van der Waals surface area contributed by atoms with Gasteiger partial charge < -0.3 is 15.8 Å². The van der Waals surface area contributed by atoms with Crippen molar-refractivity contribution in [3.63, 3.8) is 0 Å². The van der Waals surface area contributed by atoms with Gasteiger partial charge in [-0.2, -0.15) is 0 Å². The average molecular weight is 392 g/mol. The van der Waals surface area contributed by atoms with E-state index in [0.29, 0.717) is 6.54 Å². The SMILES string of the molecule is COc1cccc(C[C@H](N)CNc2nnc(-c3ccc4cnccc4c3)s2)c1. The van der Waals surface area contributed by atoms with Gasteiger partial charge in [-0.05, 0) is 41.6 Å². The molecule has 0 saturated carbocycles. The number of nitrogens with one attached hydrogen (secondary N) is 1. The second kappa shape index (κ2) is 8.33. The van der Waals surface area contributed by atoms with Crippen LogP contribution in [-0.2, 0) is 6.42 Å². The number of aromatic nitrogens is 3. The van der Waals surface area contributed by atoms with Crippen molar-refractivity contribution in [2.75, 3.05) is 19.0 Å². The molecule has 0 aliphatic rings. The molecule has 2 heterocycles. The van der Waals surface area contributed by atoms with E-state index in [1.165, 1.54) is 11.3 Å². The second-order valence-electron chi connectivity index (χ2n) is 6.55. The topological polar surface area (TPSA) is 86.0 Å². The van der Waals surface area contributed by atoms with Gasteiger partial charge in [-0.3, -0.25) is 4.98 Å². The van der Waals surface area contributed by atoms with Crippen LogP contribution in [0, 0.1) is 0 Å². The minimum Gasteiger partial charge on any atom is -0.497 e. The Bertz CT molecular complexity index is 1080. The van der Waals surface area contributed by atoms with Crippen LogP contribution in [-0.4, -0.2) is 34.9 Å². The molecule has 0 saturated heterocycles. The molecule has 2 aromatic heterocycles. The molecule has 1 atom stereocenters. The second-order valence-corrected chi connectivity index (χ2v) is 7.52. The molecule has 7 heteroatoms. The number of hydrogen-bond donors (Lipinski definition) is 2. The van der Waals surface area contributed by atoms with E-state index in [2.05, 4.69) is 38.7 Å². The largest absolute Gasteiger partial charge is 0.497 e. The smallest absolute Gasteiger partial charge is 0.206 e. The Morgan fingerprint density at radius 1 is 1.11 bits per heavy atom. The maximum Gasteiger partial charge on any atom is 0.206 e. The third-order valence-electron chi connectivity index (χ3n) is 4.46. The predicted molar refractivity (Wildman–Crippen MR) is 114 cm³/mol. The van der Waals surface area contributed by atoms with E-state index >= 15 is 0 Å². The number of benzene rings is 2. The summed E-state index contributed by atoms with van der Waals surface area (Å²) in [5.41, 5.74) is 8.47. The van der Waals surface area contributed by atoms with Crippen molar-refractivity contribution in [2.45, 2.75) is 12.5 Å². The fourth-order valence-corrected chi connectivity index (χ4v) is 3.77. The summed E-state index contributed by atoms with van der Waals surface area (Å²) in [5, 5.41) is 15.8. The minimum atomic E-state index is -0.0346. The van der Waals surface area contributed by atoms with Gasteiger partial charge in [0.15, 0.2) is 0 Å². The van der Waals surface area contributed by atoms with Crippen LogP contribution in [0.5, 0.6) is 5.75 Å². The monoisotopic (exact) mass is 391 g/mol.